The largest absolute Gasteiger partial charge is 0.0642 e. The summed E-state index contributed by atoms with van der Waals surface area (Å²) in [5.74, 6) is 0. The van der Waals surface area contributed by atoms with Crippen molar-refractivity contribution < 1.29 is 0 Å². The van der Waals surface area contributed by atoms with E-state index in [1.165, 1.54) is 33.4 Å². The highest BCUT2D eigenvalue weighted by molar-refractivity contribution is 5.65. The van der Waals surface area contributed by atoms with E-state index in [1.807, 2.05) is 0 Å². The molecule has 0 aromatic heterocycles. The van der Waals surface area contributed by atoms with E-state index in [1.54, 1.807) is 0 Å². The number of rotatable bonds is 6. The lowest BCUT2D eigenvalue weighted by Crippen LogP contribution is -2.22. The van der Waals surface area contributed by atoms with Gasteiger partial charge in [0.05, 0.1) is 0 Å². The van der Waals surface area contributed by atoms with E-state index in [4.69, 9.17) is 0 Å². The van der Waals surface area contributed by atoms with Gasteiger partial charge in [0, 0.05) is 10.8 Å². The lowest BCUT2D eigenvalue weighted by atomic mass is 9.74. The molecule has 0 aliphatic heterocycles. The molecule has 4 aromatic rings. The molecule has 1 atom stereocenters. The molecule has 0 heteroatoms. The summed E-state index contributed by atoms with van der Waals surface area (Å²) < 4.78 is 0. The van der Waals surface area contributed by atoms with Crippen molar-refractivity contribution >= 4 is 0 Å². The Morgan fingerprint density at radius 3 is 1.26 bits per heavy atom. The molecule has 0 radical (unpaired) electrons. The van der Waals surface area contributed by atoms with Gasteiger partial charge in [0.2, 0.25) is 0 Å². The van der Waals surface area contributed by atoms with Gasteiger partial charge < -0.3 is 0 Å². The van der Waals surface area contributed by atoms with Crippen molar-refractivity contribution in [2.24, 2.45) is 0 Å². The Bertz CT molecular complexity index is 1100. The first kappa shape index (κ1) is 21.1. The second kappa shape index (κ2) is 8.55. The topological polar surface area (TPSA) is 0 Å². The normalized spacial score (nSPS) is 13.5. The molecule has 0 saturated heterocycles. The van der Waals surface area contributed by atoms with Gasteiger partial charge in [0.15, 0.2) is 0 Å². The lowest BCUT2D eigenvalue weighted by Gasteiger charge is -2.30. The molecule has 0 heterocycles. The van der Waals surface area contributed by atoms with Crippen LogP contribution < -0.4 is 0 Å². The molecular weight excluding hydrogens is 372 g/mol. The van der Waals surface area contributed by atoms with E-state index in [0.29, 0.717) is 0 Å². The fraction of sp³-hybridized carbons (Fsp3) is 0.226. The lowest BCUT2D eigenvalue weighted by molar-refractivity contribution is 0.550. The van der Waals surface area contributed by atoms with Crippen molar-refractivity contribution in [3.63, 3.8) is 0 Å². The SMILES string of the molecule is CCC(C)(c1ccccc1)c1ccc(-c2ccc(C(C)(C)c3ccccc3)cc2)cc1. The van der Waals surface area contributed by atoms with Gasteiger partial charge in [-0.25, -0.2) is 0 Å². The minimum Gasteiger partial charge on any atom is -0.0642 e. The molecule has 0 spiro atoms. The van der Waals surface area contributed by atoms with Crippen molar-refractivity contribution in [3.8, 4) is 11.1 Å². The van der Waals surface area contributed by atoms with Gasteiger partial charge in [0.25, 0.3) is 0 Å². The number of hydrogen-bond acceptors (Lipinski definition) is 0. The Labute approximate surface area is 187 Å². The first-order valence-corrected chi connectivity index (χ1v) is 11.3. The van der Waals surface area contributed by atoms with Crippen LogP contribution in [0.3, 0.4) is 0 Å². The number of benzene rings is 4. The van der Waals surface area contributed by atoms with E-state index in [-0.39, 0.29) is 10.8 Å². The fourth-order valence-electron chi connectivity index (χ4n) is 4.51. The molecule has 0 fully saturated rings. The minimum atomic E-state index is -0.0116. The standard InChI is InChI=1S/C31H32/c1-5-31(4,28-14-10-7-11-15-28)29-22-18-25(19-23-29)24-16-20-27(21-17-24)30(2,3)26-12-8-6-9-13-26/h6-23H,5H2,1-4H3. The highest BCUT2D eigenvalue weighted by Crippen LogP contribution is 2.37. The smallest absolute Gasteiger partial charge is 0.0172 e. The summed E-state index contributed by atoms with van der Waals surface area (Å²) in [6.07, 6.45) is 1.07. The summed E-state index contributed by atoms with van der Waals surface area (Å²) in [6, 6.07) is 39.8. The molecule has 0 saturated carbocycles. The van der Waals surface area contributed by atoms with Crippen LogP contribution in [0, 0.1) is 0 Å². The zero-order valence-electron chi connectivity index (χ0n) is 19.1. The van der Waals surface area contributed by atoms with Gasteiger partial charge in [-0.05, 0) is 39.8 Å². The van der Waals surface area contributed by atoms with Crippen molar-refractivity contribution in [1.82, 2.24) is 0 Å². The van der Waals surface area contributed by atoms with Crippen molar-refractivity contribution in [3.05, 3.63) is 131 Å². The third-order valence-electron chi connectivity index (χ3n) is 7.08. The first-order chi connectivity index (χ1) is 14.9. The molecular formula is C31H32. The molecule has 0 amide bonds. The van der Waals surface area contributed by atoms with Gasteiger partial charge in [0.1, 0.15) is 0 Å². The predicted molar refractivity (Wildman–Crippen MR) is 134 cm³/mol. The maximum absolute atomic E-state index is 2.35. The summed E-state index contributed by atoms with van der Waals surface area (Å²) in [7, 11) is 0. The molecule has 4 rings (SSSR count). The second-order valence-corrected chi connectivity index (χ2v) is 9.20. The van der Waals surface area contributed by atoms with Crippen molar-refractivity contribution in [2.75, 3.05) is 0 Å². The van der Waals surface area contributed by atoms with Crippen molar-refractivity contribution in [2.45, 2.75) is 44.9 Å². The van der Waals surface area contributed by atoms with Crippen LogP contribution in [0.15, 0.2) is 109 Å². The Balaban J connectivity index is 1.60. The molecule has 0 aliphatic rings. The zero-order chi connectivity index (χ0) is 21.9. The van der Waals surface area contributed by atoms with E-state index < -0.39 is 0 Å². The molecule has 0 N–H and O–H groups in total. The fourth-order valence-corrected chi connectivity index (χ4v) is 4.51. The molecule has 4 aromatic carbocycles. The van der Waals surface area contributed by atoms with Gasteiger partial charge in [-0.15, -0.1) is 0 Å². The monoisotopic (exact) mass is 404 g/mol. The van der Waals surface area contributed by atoms with Crippen LogP contribution in [0.4, 0.5) is 0 Å². The summed E-state index contributed by atoms with van der Waals surface area (Å²) >= 11 is 0. The van der Waals surface area contributed by atoms with Crippen LogP contribution in [-0.2, 0) is 10.8 Å². The highest BCUT2D eigenvalue weighted by atomic mass is 14.3. The summed E-state index contributed by atoms with van der Waals surface area (Å²) in [6.45, 7) is 9.20. The zero-order valence-corrected chi connectivity index (χ0v) is 19.1. The van der Waals surface area contributed by atoms with Crippen LogP contribution in [0.2, 0.25) is 0 Å². The van der Waals surface area contributed by atoms with Gasteiger partial charge >= 0.3 is 0 Å². The molecule has 0 nitrogen and oxygen atoms in total. The van der Waals surface area contributed by atoms with E-state index in [2.05, 4.69) is 137 Å². The van der Waals surface area contributed by atoms with E-state index in [9.17, 15) is 0 Å². The Morgan fingerprint density at radius 2 is 0.806 bits per heavy atom. The average Bonchev–Trinajstić information content (AvgIpc) is 2.85. The molecule has 31 heavy (non-hydrogen) atoms. The summed E-state index contributed by atoms with van der Waals surface area (Å²) in [5, 5.41) is 0. The van der Waals surface area contributed by atoms with Gasteiger partial charge in [-0.3, -0.25) is 0 Å². The Hall–Kier alpha value is -3.12. The van der Waals surface area contributed by atoms with Gasteiger partial charge in [-0.1, -0.05) is 137 Å². The highest BCUT2D eigenvalue weighted by Gasteiger charge is 2.26. The van der Waals surface area contributed by atoms with Crippen LogP contribution in [0.25, 0.3) is 11.1 Å². The summed E-state index contributed by atoms with van der Waals surface area (Å²) in [4.78, 5) is 0. The quantitative estimate of drug-likeness (QED) is 0.303. The van der Waals surface area contributed by atoms with Crippen LogP contribution in [-0.4, -0.2) is 0 Å². The first-order valence-electron chi connectivity index (χ1n) is 11.3. The Morgan fingerprint density at radius 1 is 0.452 bits per heavy atom. The van der Waals surface area contributed by atoms with E-state index in [0.717, 1.165) is 6.42 Å². The molecule has 0 aliphatic carbocycles. The van der Waals surface area contributed by atoms with Gasteiger partial charge in [-0.2, -0.15) is 0 Å². The maximum atomic E-state index is 2.35. The molecule has 1 unspecified atom stereocenters. The summed E-state index contributed by atoms with van der Waals surface area (Å²) in [5.41, 5.74) is 7.96. The molecule has 156 valence electrons. The molecule has 0 bridgehead atoms. The predicted octanol–water partition coefficient (Wildman–Crippen LogP) is 8.40. The van der Waals surface area contributed by atoms with Crippen molar-refractivity contribution in [1.29, 1.82) is 0 Å². The number of hydrogen-bond donors (Lipinski definition) is 0. The second-order valence-electron chi connectivity index (χ2n) is 9.20. The minimum absolute atomic E-state index is 0.0116. The van der Waals surface area contributed by atoms with Crippen LogP contribution in [0.1, 0.15) is 56.4 Å². The third kappa shape index (κ3) is 4.08. The van der Waals surface area contributed by atoms with Crippen LogP contribution in [0.5, 0.6) is 0 Å². The maximum Gasteiger partial charge on any atom is 0.0172 e. The van der Waals surface area contributed by atoms with E-state index >= 15 is 0 Å². The van der Waals surface area contributed by atoms with Crippen LogP contribution >= 0.6 is 0 Å². The Kier molecular flexibility index (Phi) is 5.83. The third-order valence-corrected chi connectivity index (χ3v) is 7.08. The average molecular weight is 405 g/mol.